The van der Waals surface area contributed by atoms with Gasteiger partial charge in [-0.2, -0.15) is 0 Å². The molecule has 3 aliphatic heterocycles. The second-order valence-corrected chi connectivity index (χ2v) is 8.95. The molecule has 3 fully saturated rings. The van der Waals surface area contributed by atoms with Crippen LogP contribution in [0.25, 0.3) is 0 Å². The highest BCUT2D eigenvalue weighted by Crippen LogP contribution is 2.19. The number of benzene rings is 1. The summed E-state index contributed by atoms with van der Waals surface area (Å²) in [6.07, 6.45) is 2.68. The first-order valence-corrected chi connectivity index (χ1v) is 11.7. The molecule has 0 aliphatic carbocycles. The molecule has 0 saturated carbocycles. The minimum Gasteiger partial charge on any atom is -0.369 e. The summed E-state index contributed by atoms with van der Waals surface area (Å²) >= 11 is 0. The van der Waals surface area contributed by atoms with E-state index in [1.807, 2.05) is 9.80 Å². The monoisotopic (exact) mass is 428 g/mol. The molecule has 31 heavy (non-hydrogen) atoms. The number of urea groups is 2. The van der Waals surface area contributed by atoms with Gasteiger partial charge in [0.2, 0.25) is 0 Å². The van der Waals surface area contributed by atoms with Crippen molar-refractivity contribution in [3.05, 3.63) is 30.3 Å². The zero-order chi connectivity index (χ0) is 21.6. The molecule has 0 spiro atoms. The van der Waals surface area contributed by atoms with Crippen LogP contribution in [0.2, 0.25) is 0 Å². The van der Waals surface area contributed by atoms with Gasteiger partial charge in [0, 0.05) is 76.7 Å². The van der Waals surface area contributed by atoms with Gasteiger partial charge in [-0.25, -0.2) is 9.59 Å². The van der Waals surface area contributed by atoms with Gasteiger partial charge in [0.1, 0.15) is 0 Å². The molecule has 2 N–H and O–H groups in total. The number of hydrogen-bond acceptors (Lipinski definition) is 4. The first-order valence-electron chi connectivity index (χ1n) is 11.7. The maximum Gasteiger partial charge on any atom is 0.317 e. The second-order valence-electron chi connectivity index (χ2n) is 8.95. The van der Waals surface area contributed by atoms with Crippen molar-refractivity contribution in [1.82, 2.24) is 25.3 Å². The number of carbonyl (C=O) groups excluding carboxylic acids is 2. The molecular weight excluding hydrogens is 392 g/mol. The average Bonchev–Trinajstić information content (AvgIpc) is 3.24. The van der Waals surface area contributed by atoms with E-state index in [4.69, 9.17) is 0 Å². The number of nitrogens with zero attached hydrogens (tertiary/aromatic N) is 4. The molecule has 1 unspecified atom stereocenters. The minimum absolute atomic E-state index is 0.0331. The first-order chi connectivity index (χ1) is 15.1. The number of piperidine rings is 1. The minimum atomic E-state index is 0.0331. The molecule has 170 valence electrons. The van der Waals surface area contributed by atoms with Gasteiger partial charge in [-0.3, -0.25) is 4.90 Å². The predicted octanol–water partition coefficient (Wildman–Crippen LogP) is 1.79. The van der Waals surface area contributed by atoms with Crippen LogP contribution in [0.4, 0.5) is 15.3 Å². The Morgan fingerprint density at radius 2 is 1.77 bits per heavy atom. The van der Waals surface area contributed by atoms with E-state index >= 15 is 0 Å². The Bertz CT molecular complexity index is 729. The number of nitrogens with one attached hydrogen (secondary N) is 2. The Kier molecular flexibility index (Phi) is 7.17. The van der Waals surface area contributed by atoms with Gasteiger partial charge in [0.25, 0.3) is 0 Å². The van der Waals surface area contributed by atoms with Gasteiger partial charge in [-0.05, 0) is 38.3 Å². The predicted molar refractivity (Wildman–Crippen MR) is 122 cm³/mol. The molecule has 8 heteroatoms. The molecule has 1 aromatic carbocycles. The standard InChI is InChI=1S/C23H36N6O2/c1-19(7-11-26-15-17-27(18-16-26)20-5-3-2-4-6-20)25-23(31)28-12-8-21(9-13-28)29-14-10-24-22(29)30/h2-6,19,21H,7-18H2,1H3,(H,24,30)(H,25,31). The zero-order valence-electron chi connectivity index (χ0n) is 18.6. The van der Waals surface area contributed by atoms with Crippen molar-refractivity contribution < 1.29 is 9.59 Å². The van der Waals surface area contributed by atoms with Gasteiger partial charge < -0.3 is 25.3 Å². The Hall–Kier alpha value is -2.48. The summed E-state index contributed by atoms with van der Waals surface area (Å²) in [5.74, 6) is 0. The van der Waals surface area contributed by atoms with Crippen LogP contribution >= 0.6 is 0 Å². The third-order valence-electron chi connectivity index (χ3n) is 6.82. The van der Waals surface area contributed by atoms with Crippen LogP contribution in [0.1, 0.15) is 26.2 Å². The number of rotatable bonds is 6. The number of carbonyl (C=O) groups is 2. The van der Waals surface area contributed by atoms with Crippen molar-refractivity contribution in [3.8, 4) is 0 Å². The highest BCUT2D eigenvalue weighted by molar-refractivity contribution is 5.77. The zero-order valence-corrected chi connectivity index (χ0v) is 18.6. The summed E-state index contributed by atoms with van der Waals surface area (Å²) in [7, 11) is 0. The van der Waals surface area contributed by atoms with Gasteiger partial charge in [0.05, 0.1) is 0 Å². The van der Waals surface area contributed by atoms with E-state index in [1.54, 1.807) is 0 Å². The van der Waals surface area contributed by atoms with Crippen molar-refractivity contribution in [2.75, 3.05) is 63.8 Å². The van der Waals surface area contributed by atoms with E-state index in [9.17, 15) is 9.59 Å². The van der Waals surface area contributed by atoms with E-state index in [1.165, 1.54) is 5.69 Å². The average molecular weight is 429 g/mol. The molecule has 1 aromatic rings. The maximum atomic E-state index is 12.7. The van der Waals surface area contributed by atoms with Gasteiger partial charge >= 0.3 is 12.1 Å². The number of para-hydroxylation sites is 1. The molecular formula is C23H36N6O2. The SMILES string of the molecule is CC(CCN1CCN(c2ccccc2)CC1)NC(=O)N1CCC(N2CCNC2=O)CC1. The summed E-state index contributed by atoms with van der Waals surface area (Å²) in [4.78, 5) is 33.3. The third kappa shape index (κ3) is 5.61. The van der Waals surface area contributed by atoms with Crippen molar-refractivity contribution in [1.29, 1.82) is 0 Å². The van der Waals surface area contributed by atoms with Crippen molar-refractivity contribution in [3.63, 3.8) is 0 Å². The Morgan fingerprint density at radius 3 is 2.42 bits per heavy atom. The molecule has 3 aliphatic rings. The highest BCUT2D eigenvalue weighted by atomic mass is 16.2. The van der Waals surface area contributed by atoms with Crippen LogP contribution < -0.4 is 15.5 Å². The van der Waals surface area contributed by atoms with Gasteiger partial charge in [-0.1, -0.05) is 18.2 Å². The molecule has 8 nitrogen and oxygen atoms in total. The summed E-state index contributed by atoms with van der Waals surface area (Å²) in [6, 6.07) is 11.1. The van der Waals surface area contributed by atoms with Crippen molar-refractivity contribution >= 4 is 17.7 Å². The second kappa shape index (κ2) is 10.2. The van der Waals surface area contributed by atoms with E-state index < -0.39 is 0 Å². The summed E-state index contributed by atoms with van der Waals surface area (Å²) in [6.45, 7) is 10.3. The lowest BCUT2D eigenvalue weighted by atomic mass is 10.0. The molecule has 4 amide bonds. The van der Waals surface area contributed by atoms with Gasteiger partial charge in [-0.15, -0.1) is 0 Å². The molecule has 0 bridgehead atoms. The highest BCUT2D eigenvalue weighted by Gasteiger charge is 2.32. The number of amides is 4. The lowest BCUT2D eigenvalue weighted by Crippen LogP contribution is -2.52. The fourth-order valence-electron chi connectivity index (χ4n) is 4.83. The largest absolute Gasteiger partial charge is 0.369 e. The maximum absolute atomic E-state index is 12.7. The molecule has 0 radical (unpaired) electrons. The van der Waals surface area contributed by atoms with Crippen LogP contribution in [0.15, 0.2) is 30.3 Å². The summed E-state index contributed by atoms with van der Waals surface area (Å²) in [5.41, 5.74) is 1.30. The third-order valence-corrected chi connectivity index (χ3v) is 6.82. The van der Waals surface area contributed by atoms with E-state index in [2.05, 4.69) is 57.7 Å². The van der Waals surface area contributed by atoms with Crippen LogP contribution in [-0.2, 0) is 0 Å². The number of hydrogen-bond donors (Lipinski definition) is 2. The smallest absolute Gasteiger partial charge is 0.317 e. The van der Waals surface area contributed by atoms with E-state index in [0.717, 1.165) is 65.1 Å². The van der Waals surface area contributed by atoms with Crippen LogP contribution in [0.3, 0.4) is 0 Å². The number of likely N-dealkylation sites (tertiary alicyclic amines) is 1. The van der Waals surface area contributed by atoms with Crippen LogP contribution in [-0.4, -0.2) is 97.7 Å². The first kappa shape index (κ1) is 21.7. The fraction of sp³-hybridized carbons (Fsp3) is 0.652. The molecule has 1 atom stereocenters. The summed E-state index contributed by atoms with van der Waals surface area (Å²) < 4.78 is 0. The summed E-state index contributed by atoms with van der Waals surface area (Å²) in [5, 5.41) is 6.04. The Balaban J connectivity index is 1.12. The van der Waals surface area contributed by atoms with Crippen molar-refractivity contribution in [2.45, 2.75) is 38.3 Å². The van der Waals surface area contributed by atoms with Crippen LogP contribution in [0.5, 0.6) is 0 Å². The van der Waals surface area contributed by atoms with Crippen molar-refractivity contribution in [2.24, 2.45) is 0 Å². The van der Waals surface area contributed by atoms with E-state index in [0.29, 0.717) is 13.1 Å². The molecule has 3 heterocycles. The Morgan fingerprint density at radius 1 is 1.06 bits per heavy atom. The van der Waals surface area contributed by atoms with Crippen LogP contribution in [0, 0.1) is 0 Å². The van der Waals surface area contributed by atoms with Gasteiger partial charge in [0.15, 0.2) is 0 Å². The number of anilines is 1. The molecule has 3 saturated heterocycles. The molecule has 0 aromatic heterocycles. The normalized spacial score (nSPS) is 21.8. The van der Waals surface area contributed by atoms with E-state index in [-0.39, 0.29) is 24.1 Å². The lowest BCUT2D eigenvalue weighted by Gasteiger charge is -2.37. The topological polar surface area (TPSA) is 71.2 Å². The molecule has 4 rings (SSSR count). The number of piperazine rings is 1. The quantitative estimate of drug-likeness (QED) is 0.725. The fourth-order valence-corrected chi connectivity index (χ4v) is 4.83. The Labute approximate surface area is 185 Å². The lowest BCUT2D eigenvalue weighted by molar-refractivity contribution is 0.139.